The summed E-state index contributed by atoms with van der Waals surface area (Å²) < 4.78 is 0. The zero-order valence-corrected chi connectivity index (χ0v) is 10.2. The number of hydrogen-bond donors (Lipinski definition) is 1. The maximum Gasteiger partial charge on any atom is 0.270 e. The molecule has 0 aliphatic carbocycles. The van der Waals surface area contributed by atoms with Crippen LogP contribution in [0.25, 0.3) is 21.7 Å². The van der Waals surface area contributed by atoms with E-state index in [9.17, 15) is 10.1 Å². The minimum atomic E-state index is -0.362. The molecular formula is C14H12N2O2. The predicted molar refractivity (Wildman–Crippen MR) is 71.9 cm³/mol. The first-order valence-corrected chi connectivity index (χ1v) is 5.74. The minimum Gasteiger partial charge on any atom is -0.358 e. The Morgan fingerprint density at radius 2 is 1.94 bits per heavy atom. The molecular weight excluding hydrogens is 228 g/mol. The standard InChI is InChI=1S/C14H12N2O2/c1-8-9(2)15-13-6-3-10-7-11(16(17)18)4-5-12(10)14(8)13/h3-7,15H,1-2H3. The van der Waals surface area contributed by atoms with Gasteiger partial charge >= 0.3 is 0 Å². The molecule has 1 heterocycles. The summed E-state index contributed by atoms with van der Waals surface area (Å²) in [5, 5.41) is 13.9. The highest BCUT2D eigenvalue weighted by Gasteiger charge is 2.11. The Hall–Kier alpha value is -2.36. The van der Waals surface area contributed by atoms with Gasteiger partial charge < -0.3 is 4.98 Å². The number of nitro benzene ring substituents is 1. The average Bonchev–Trinajstić information content (AvgIpc) is 2.65. The SMILES string of the molecule is Cc1[nH]c2ccc3cc([N+](=O)[O-])ccc3c2c1C. The summed E-state index contributed by atoms with van der Waals surface area (Å²) in [6.45, 7) is 4.10. The van der Waals surface area contributed by atoms with E-state index in [-0.39, 0.29) is 10.6 Å². The van der Waals surface area contributed by atoms with Crippen molar-refractivity contribution in [2.75, 3.05) is 0 Å². The maximum atomic E-state index is 10.8. The number of nitro groups is 1. The Labute approximate surface area is 103 Å². The van der Waals surface area contributed by atoms with Gasteiger partial charge in [-0.05, 0) is 42.3 Å². The van der Waals surface area contributed by atoms with E-state index < -0.39 is 0 Å². The van der Waals surface area contributed by atoms with Crippen molar-refractivity contribution in [2.45, 2.75) is 13.8 Å². The number of non-ortho nitro benzene ring substituents is 1. The van der Waals surface area contributed by atoms with E-state index in [1.165, 1.54) is 5.56 Å². The van der Waals surface area contributed by atoms with Gasteiger partial charge in [-0.3, -0.25) is 10.1 Å². The lowest BCUT2D eigenvalue weighted by Gasteiger charge is -2.01. The molecule has 0 bridgehead atoms. The van der Waals surface area contributed by atoms with Gasteiger partial charge in [0.15, 0.2) is 0 Å². The normalized spacial score (nSPS) is 11.2. The Balaban J connectivity index is 2.44. The maximum absolute atomic E-state index is 10.8. The van der Waals surface area contributed by atoms with E-state index in [4.69, 9.17) is 0 Å². The average molecular weight is 240 g/mol. The molecule has 0 atom stereocenters. The molecule has 1 aromatic heterocycles. The summed E-state index contributed by atoms with van der Waals surface area (Å²) >= 11 is 0. The smallest absolute Gasteiger partial charge is 0.270 e. The number of hydrogen-bond acceptors (Lipinski definition) is 2. The molecule has 0 amide bonds. The second kappa shape index (κ2) is 3.57. The molecule has 0 radical (unpaired) electrons. The van der Waals surface area contributed by atoms with E-state index in [0.29, 0.717) is 0 Å². The number of aryl methyl sites for hydroxylation is 2. The van der Waals surface area contributed by atoms with Gasteiger partial charge in [-0.2, -0.15) is 0 Å². The quantitative estimate of drug-likeness (QED) is 0.518. The van der Waals surface area contributed by atoms with E-state index >= 15 is 0 Å². The van der Waals surface area contributed by atoms with Crippen molar-refractivity contribution in [3.05, 3.63) is 51.7 Å². The van der Waals surface area contributed by atoms with Gasteiger partial charge in [-0.1, -0.05) is 6.07 Å². The molecule has 0 saturated carbocycles. The lowest BCUT2D eigenvalue weighted by molar-refractivity contribution is -0.384. The van der Waals surface area contributed by atoms with Gasteiger partial charge in [-0.15, -0.1) is 0 Å². The Morgan fingerprint density at radius 3 is 2.67 bits per heavy atom. The molecule has 0 aliphatic heterocycles. The Morgan fingerprint density at radius 1 is 1.17 bits per heavy atom. The first-order valence-electron chi connectivity index (χ1n) is 5.74. The lowest BCUT2D eigenvalue weighted by atomic mass is 10.0. The van der Waals surface area contributed by atoms with Crippen molar-refractivity contribution in [1.82, 2.24) is 4.98 Å². The van der Waals surface area contributed by atoms with Gasteiger partial charge in [0.25, 0.3) is 5.69 Å². The lowest BCUT2D eigenvalue weighted by Crippen LogP contribution is -1.87. The molecule has 0 fully saturated rings. The highest BCUT2D eigenvalue weighted by atomic mass is 16.6. The molecule has 0 aliphatic rings. The van der Waals surface area contributed by atoms with Crippen LogP contribution in [0.15, 0.2) is 30.3 Å². The van der Waals surface area contributed by atoms with Crippen LogP contribution in [0.2, 0.25) is 0 Å². The van der Waals surface area contributed by atoms with Crippen LogP contribution in [0.3, 0.4) is 0 Å². The van der Waals surface area contributed by atoms with Crippen LogP contribution in [0.5, 0.6) is 0 Å². The minimum absolute atomic E-state index is 0.131. The van der Waals surface area contributed by atoms with Crippen LogP contribution in [0.4, 0.5) is 5.69 Å². The molecule has 1 N–H and O–H groups in total. The van der Waals surface area contributed by atoms with Crippen LogP contribution in [-0.2, 0) is 0 Å². The van der Waals surface area contributed by atoms with Crippen molar-refractivity contribution < 1.29 is 4.92 Å². The van der Waals surface area contributed by atoms with Gasteiger partial charge in [-0.25, -0.2) is 0 Å². The number of aromatic nitrogens is 1. The van der Waals surface area contributed by atoms with Crippen LogP contribution in [-0.4, -0.2) is 9.91 Å². The largest absolute Gasteiger partial charge is 0.358 e. The Bertz CT molecular complexity index is 787. The number of rotatable bonds is 1. The fourth-order valence-electron chi connectivity index (χ4n) is 2.42. The highest BCUT2D eigenvalue weighted by molar-refractivity contribution is 6.09. The zero-order chi connectivity index (χ0) is 12.9. The number of benzene rings is 2. The summed E-state index contributed by atoms with van der Waals surface area (Å²) in [5.41, 5.74) is 3.54. The Kier molecular flexibility index (Phi) is 2.13. The number of fused-ring (bicyclic) bond motifs is 3. The zero-order valence-electron chi connectivity index (χ0n) is 10.2. The molecule has 2 aromatic carbocycles. The summed E-state index contributed by atoms with van der Waals surface area (Å²) in [4.78, 5) is 13.7. The van der Waals surface area contributed by atoms with Gasteiger partial charge in [0.2, 0.25) is 0 Å². The fraction of sp³-hybridized carbons (Fsp3) is 0.143. The van der Waals surface area contributed by atoms with Gasteiger partial charge in [0.05, 0.1) is 4.92 Å². The molecule has 0 unspecified atom stereocenters. The summed E-state index contributed by atoms with van der Waals surface area (Å²) in [6.07, 6.45) is 0. The second-order valence-corrected chi connectivity index (χ2v) is 4.53. The third-order valence-corrected chi connectivity index (χ3v) is 3.47. The molecule has 18 heavy (non-hydrogen) atoms. The van der Waals surface area contributed by atoms with E-state index in [1.807, 2.05) is 25.1 Å². The molecule has 0 saturated heterocycles. The molecule has 90 valence electrons. The number of nitrogens with zero attached hydrogens (tertiary/aromatic N) is 1. The number of aromatic amines is 1. The molecule has 3 aromatic rings. The summed E-state index contributed by atoms with van der Waals surface area (Å²) in [6, 6.07) is 8.90. The molecule has 4 heteroatoms. The van der Waals surface area contributed by atoms with Crippen LogP contribution < -0.4 is 0 Å². The van der Waals surface area contributed by atoms with Crippen molar-refractivity contribution in [3.63, 3.8) is 0 Å². The van der Waals surface area contributed by atoms with E-state index in [0.717, 1.165) is 27.4 Å². The van der Waals surface area contributed by atoms with Crippen LogP contribution >= 0.6 is 0 Å². The first-order chi connectivity index (χ1) is 8.58. The van der Waals surface area contributed by atoms with E-state index in [2.05, 4.69) is 11.9 Å². The van der Waals surface area contributed by atoms with Crippen molar-refractivity contribution in [1.29, 1.82) is 0 Å². The molecule has 3 rings (SSSR count). The summed E-state index contributed by atoms with van der Waals surface area (Å²) in [5.74, 6) is 0. The number of nitrogens with one attached hydrogen (secondary N) is 1. The van der Waals surface area contributed by atoms with Crippen molar-refractivity contribution in [3.8, 4) is 0 Å². The number of H-pyrrole nitrogens is 1. The van der Waals surface area contributed by atoms with E-state index in [1.54, 1.807) is 12.1 Å². The van der Waals surface area contributed by atoms with Crippen LogP contribution in [0.1, 0.15) is 11.3 Å². The molecule has 4 nitrogen and oxygen atoms in total. The van der Waals surface area contributed by atoms with Crippen molar-refractivity contribution in [2.24, 2.45) is 0 Å². The van der Waals surface area contributed by atoms with Gasteiger partial charge in [0.1, 0.15) is 0 Å². The molecule has 0 spiro atoms. The third kappa shape index (κ3) is 1.39. The second-order valence-electron chi connectivity index (χ2n) is 4.53. The third-order valence-electron chi connectivity index (χ3n) is 3.47. The van der Waals surface area contributed by atoms with Crippen molar-refractivity contribution >= 4 is 27.4 Å². The van der Waals surface area contributed by atoms with Gasteiger partial charge in [0, 0.05) is 28.7 Å². The fourth-order valence-corrected chi connectivity index (χ4v) is 2.42. The van der Waals surface area contributed by atoms with Crippen LogP contribution in [0, 0.1) is 24.0 Å². The highest BCUT2D eigenvalue weighted by Crippen LogP contribution is 2.31. The monoisotopic (exact) mass is 240 g/mol. The summed E-state index contributed by atoms with van der Waals surface area (Å²) in [7, 11) is 0. The topological polar surface area (TPSA) is 58.9 Å². The predicted octanol–water partition coefficient (Wildman–Crippen LogP) is 3.85. The first kappa shape index (κ1) is 10.8.